The van der Waals surface area contributed by atoms with Crippen LogP contribution in [-0.2, 0) is 6.42 Å². The van der Waals surface area contributed by atoms with Crippen molar-refractivity contribution in [3.63, 3.8) is 0 Å². The highest BCUT2D eigenvalue weighted by Gasteiger charge is 2.24. The summed E-state index contributed by atoms with van der Waals surface area (Å²) in [5.74, 6) is 2.37. The van der Waals surface area contributed by atoms with Crippen molar-refractivity contribution in [3.05, 3.63) is 66.0 Å². The summed E-state index contributed by atoms with van der Waals surface area (Å²) in [6.45, 7) is 1.60. The number of piperidine rings is 1. The van der Waals surface area contributed by atoms with Gasteiger partial charge in [0.25, 0.3) is 5.91 Å². The second-order valence-electron chi connectivity index (χ2n) is 7.90. The minimum atomic E-state index is 0.0929. The summed E-state index contributed by atoms with van der Waals surface area (Å²) >= 11 is 0. The highest BCUT2D eigenvalue weighted by Crippen LogP contribution is 2.28. The van der Waals surface area contributed by atoms with Crippen molar-refractivity contribution in [2.24, 2.45) is 5.92 Å². The molecule has 2 aromatic carbocycles. The predicted molar refractivity (Wildman–Crippen MR) is 118 cm³/mol. The molecule has 156 valence electrons. The van der Waals surface area contributed by atoms with Crippen LogP contribution in [0.15, 0.2) is 54.9 Å². The SMILES string of the molecule is COc1cc(CCC2CCN(C(=O)c3cncc4ccccc34)CC2)cc(OC)c1. The lowest BCUT2D eigenvalue weighted by molar-refractivity contribution is 0.0688. The standard InChI is InChI=1S/C25H28N2O3/c1-29-21-13-19(14-22(15-21)30-2)8-7-18-9-11-27(12-10-18)25(28)24-17-26-16-20-5-3-4-6-23(20)24/h3-6,13-18H,7-12H2,1-2H3. The number of hydrogen-bond acceptors (Lipinski definition) is 4. The number of amides is 1. The fraction of sp³-hybridized carbons (Fsp3) is 0.360. The first-order valence-corrected chi connectivity index (χ1v) is 10.5. The number of ether oxygens (including phenoxy) is 2. The third-order valence-electron chi connectivity index (χ3n) is 6.05. The highest BCUT2D eigenvalue weighted by molar-refractivity contribution is 6.06. The van der Waals surface area contributed by atoms with Crippen molar-refractivity contribution >= 4 is 16.7 Å². The summed E-state index contributed by atoms with van der Waals surface area (Å²) in [4.78, 5) is 19.3. The van der Waals surface area contributed by atoms with Crippen LogP contribution in [-0.4, -0.2) is 43.1 Å². The van der Waals surface area contributed by atoms with Gasteiger partial charge in [-0.1, -0.05) is 24.3 Å². The molecule has 0 aliphatic carbocycles. The van der Waals surface area contributed by atoms with E-state index in [9.17, 15) is 4.79 Å². The van der Waals surface area contributed by atoms with Crippen molar-refractivity contribution in [2.45, 2.75) is 25.7 Å². The minimum Gasteiger partial charge on any atom is -0.497 e. The minimum absolute atomic E-state index is 0.0929. The molecule has 0 N–H and O–H groups in total. The molecule has 1 amide bonds. The maximum atomic E-state index is 13.1. The van der Waals surface area contributed by atoms with Crippen molar-refractivity contribution in [1.82, 2.24) is 9.88 Å². The normalized spacial score (nSPS) is 14.7. The van der Waals surface area contributed by atoms with Crippen LogP contribution in [0.5, 0.6) is 11.5 Å². The molecule has 1 aliphatic rings. The zero-order valence-corrected chi connectivity index (χ0v) is 17.6. The molecule has 4 rings (SSSR count). The Morgan fingerprint density at radius 1 is 1.03 bits per heavy atom. The second kappa shape index (κ2) is 9.16. The molecule has 5 nitrogen and oxygen atoms in total. The van der Waals surface area contributed by atoms with Crippen LogP contribution in [0.2, 0.25) is 0 Å². The molecular weight excluding hydrogens is 376 g/mol. The van der Waals surface area contributed by atoms with Gasteiger partial charge in [-0.25, -0.2) is 0 Å². The molecule has 1 aromatic heterocycles. The van der Waals surface area contributed by atoms with Gasteiger partial charge in [0.15, 0.2) is 0 Å². The Hall–Kier alpha value is -3.08. The molecule has 0 saturated carbocycles. The first-order valence-electron chi connectivity index (χ1n) is 10.5. The van der Waals surface area contributed by atoms with E-state index in [1.54, 1.807) is 20.4 Å². The average Bonchev–Trinajstić information content (AvgIpc) is 2.82. The Bertz CT molecular complexity index is 998. The molecule has 3 aromatic rings. The lowest BCUT2D eigenvalue weighted by Gasteiger charge is -2.32. The van der Waals surface area contributed by atoms with Gasteiger partial charge in [-0.3, -0.25) is 9.78 Å². The van der Waals surface area contributed by atoms with Crippen molar-refractivity contribution in [2.75, 3.05) is 27.3 Å². The maximum Gasteiger partial charge on any atom is 0.256 e. The summed E-state index contributed by atoms with van der Waals surface area (Å²) < 4.78 is 10.7. The smallest absolute Gasteiger partial charge is 0.256 e. The molecule has 1 fully saturated rings. The van der Waals surface area contributed by atoms with Crippen molar-refractivity contribution in [3.8, 4) is 11.5 Å². The number of aromatic nitrogens is 1. The Balaban J connectivity index is 1.35. The Labute approximate surface area is 177 Å². The van der Waals surface area contributed by atoms with E-state index in [0.29, 0.717) is 11.5 Å². The molecule has 0 bridgehead atoms. The summed E-state index contributed by atoms with van der Waals surface area (Å²) in [7, 11) is 3.35. The van der Waals surface area contributed by atoms with Gasteiger partial charge in [-0.15, -0.1) is 0 Å². The number of fused-ring (bicyclic) bond motifs is 1. The van der Waals surface area contributed by atoms with Gasteiger partial charge >= 0.3 is 0 Å². The predicted octanol–water partition coefficient (Wildman–Crippen LogP) is 4.74. The third kappa shape index (κ3) is 4.40. The molecule has 1 saturated heterocycles. The van der Waals surface area contributed by atoms with E-state index >= 15 is 0 Å². The molecule has 0 unspecified atom stereocenters. The van der Waals surface area contributed by atoms with Crippen LogP contribution >= 0.6 is 0 Å². The molecule has 0 atom stereocenters. The number of methoxy groups -OCH3 is 2. The largest absolute Gasteiger partial charge is 0.497 e. The van der Waals surface area contributed by atoms with Gasteiger partial charge in [0.05, 0.1) is 19.8 Å². The number of likely N-dealkylation sites (tertiary alicyclic amines) is 1. The number of rotatable bonds is 6. The Kier molecular flexibility index (Phi) is 6.17. The summed E-state index contributed by atoms with van der Waals surface area (Å²) in [6, 6.07) is 14.0. The summed E-state index contributed by atoms with van der Waals surface area (Å²) in [5, 5.41) is 1.98. The number of carbonyl (C=O) groups is 1. The number of carbonyl (C=O) groups excluding carboxylic acids is 1. The zero-order valence-electron chi connectivity index (χ0n) is 17.6. The van der Waals surface area contributed by atoms with Crippen LogP contribution < -0.4 is 9.47 Å². The number of aryl methyl sites for hydroxylation is 1. The number of pyridine rings is 1. The Morgan fingerprint density at radius 2 is 1.73 bits per heavy atom. The molecule has 5 heteroatoms. The number of benzene rings is 2. The van der Waals surface area contributed by atoms with Gasteiger partial charge in [-0.2, -0.15) is 0 Å². The fourth-order valence-electron chi connectivity index (χ4n) is 4.26. The number of nitrogens with zero attached hydrogens (tertiary/aromatic N) is 2. The van der Waals surface area contributed by atoms with E-state index in [1.807, 2.05) is 41.4 Å². The van der Waals surface area contributed by atoms with Crippen LogP contribution in [0.3, 0.4) is 0 Å². The summed E-state index contributed by atoms with van der Waals surface area (Å²) in [6.07, 6.45) is 7.67. The topological polar surface area (TPSA) is 51.7 Å². The van der Waals surface area contributed by atoms with Crippen LogP contribution in [0.1, 0.15) is 35.2 Å². The monoisotopic (exact) mass is 404 g/mol. The molecular formula is C25H28N2O3. The quantitative estimate of drug-likeness (QED) is 0.596. The lowest BCUT2D eigenvalue weighted by atomic mass is 9.90. The van der Waals surface area contributed by atoms with Crippen molar-refractivity contribution in [1.29, 1.82) is 0 Å². The Morgan fingerprint density at radius 3 is 2.43 bits per heavy atom. The van der Waals surface area contributed by atoms with Gasteiger partial charge < -0.3 is 14.4 Å². The van der Waals surface area contributed by atoms with Gasteiger partial charge in [0.1, 0.15) is 11.5 Å². The number of hydrogen-bond donors (Lipinski definition) is 0. The van der Waals surface area contributed by atoms with Crippen LogP contribution in [0.4, 0.5) is 0 Å². The van der Waals surface area contributed by atoms with Gasteiger partial charge in [0.2, 0.25) is 0 Å². The van der Waals surface area contributed by atoms with E-state index in [4.69, 9.17) is 9.47 Å². The van der Waals surface area contributed by atoms with E-state index in [-0.39, 0.29) is 5.91 Å². The van der Waals surface area contributed by atoms with E-state index in [2.05, 4.69) is 17.1 Å². The zero-order chi connectivity index (χ0) is 20.9. The van der Waals surface area contributed by atoms with E-state index in [0.717, 1.165) is 61.0 Å². The van der Waals surface area contributed by atoms with Crippen molar-refractivity contribution < 1.29 is 14.3 Å². The first-order chi connectivity index (χ1) is 14.7. The second-order valence-corrected chi connectivity index (χ2v) is 7.90. The molecule has 1 aliphatic heterocycles. The van der Waals surface area contributed by atoms with Gasteiger partial charge in [-0.05, 0) is 54.7 Å². The molecule has 0 radical (unpaired) electrons. The maximum absolute atomic E-state index is 13.1. The van der Waals surface area contributed by atoms with E-state index in [1.165, 1.54) is 5.56 Å². The molecule has 0 spiro atoms. The molecule has 30 heavy (non-hydrogen) atoms. The highest BCUT2D eigenvalue weighted by atomic mass is 16.5. The first kappa shape index (κ1) is 20.2. The summed E-state index contributed by atoms with van der Waals surface area (Å²) in [5.41, 5.74) is 1.93. The van der Waals surface area contributed by atoms with E-state index < -0.39 is 0 Å². The van der Waals surface area contributed by atoms with Crippen LogP contribution in [0.25, 0.3) is 10.8 Å². The van der Waals surface area contributed by atoms with Crippen LogP contribution in [0, 0.1) is 5.92 Å². The lowest BCUT2D eigenvalue weighted by Crippen LogP contribution is -2.38. The average molecular weight is 405 g/mol. The van der Waals surface area contributed by atoms with Gasteiger partial charge in [0, 0.05) is 36.9 Å². The molecule has 2 heterocycles. The fourth-order valence-corrected chi connectivity index (χ4v) is 4.26. The third-order valence-corrected chi connectivity index (χ3v) is 6.05.